The highest BCUT2D eigenvalue weighted by atomic mass is 32.2. The maximum absolute atomic E-state index is 12.3. The van der Waals surface area contributed by atoms with Crippen LogP contribution < -0.4 is 4.72 Å². The van der Waals surface area contributed by atoms with Crippen molar-refractivity contribution in [2.75, 3.05) is 0 Å². The lowest BCUT2D eigenvalue weighted by Gasteiger charge is -2.13. The summed E-state index contributed by atoms with van der Waals surface area (Å²) in [6.07, 6.45) is 3.13. The molecule has 1 aromatic carbocycles. The number of hydrogen-bond acceptors (Lipinski definition) is 3. The van der Waals surface area contributed by atoms with Gasteiger partial charge < -0.3 is 0 Å². The molecule has 1 heterocycles. The van der Waals surface area contributed by atoms with Crippen molar-refractivity contribution in [2.24, 2.45) is 7.05 Å². The summed E-state index contributed by atoms with van der Waals surface area (Å²) in [4.78, 5) is 0.247. The van der Waals surface area contributed by atoms with Gasteiger partial charge in [-0.1, -0.05) is 30.3 Å². The average Bonchev–Trinajstić information content (AvgIpc) is 2.77. The first-order valence-corrected chi connectivity index (χ1v) is 8.43. The molecule has 0 radical (unpaired) electrons. The maximum atomic E-state index is 12.3. The zero-order valence-corrected chi connectivity index (χ0v) is 13.4. The molecule has 0 bridgehead atoms. The van der Waals surface area contributed by atoms with Gasteiger partial charge in [-0.15, -0.1) is 0 Å². The molecule has 5 nitrogen and oxygen atoms in total. The van der Waals surface area contributed by atoms with E-state index < -0.39 is 10.0 Å². The number of sulfonamides is 1. The third kappa shape index (κ3) is 4.15. The number of nitrogens with zero attached hydrogens (tertiary/aromatic N) is 2. The summed E-state index contributed by atoms with van der Waals surface area (Å²) >= 11 is 0. The van der Waals surface area contributed by atoms with Crippen LogP contribution in [0, 0.1) is 6.92 Å². The molecule has 6 heteroatoms. The summed E-state index contributed by atoms with van der Waals surface area (Å²) in [5.74, 6) is 0. The summed E-state index contributed by atoms with van der Waals surface area (Å²) in [7, 11) is -1.79. The van der Waals surface area contributed by atoms with Crippen LogP contribution in [0.2, 0.25) is 0 Å². The van der Waals surface area contributed by atoms with Crippen LogP contribution in [0.1, 0.15) is 24.6 Å². The Balaban J connectivity index is 1.98. The van der Waals surface area contributed by atoms with Crippen molar-refractivity contribution in [1.29, 1.82) is 0 Å². The van der Waals surface area contributed by atoms with Crippen molar-refractivity contribution < 1.29 is 8.42 Å². The molecule has 0 aliphatic carbocycles. The van der Waals surface area contributed by atoms with E-state index in [0.717, 1.165) is 12.8 Å². The van der Waals surface area contributed by atoms with E-state index in [9.17, 15) is 8.42 Å². The minimum absolute atomic E-state index is 0.130. The predicted molar refractivity (Wildman–Crippen MR) is 82.5 cm³/mol. The van der Waals surface area contributed by atoms with Crippen molar-refractivity contribution in [3.8, 4) is 0 Å². The van der Waals surface area contributed by atoms with Crippen LogP contribution in [0.5, 0.6) is 0 Å². The summed E-state index contributed by atoms with van der Waals surface area (Å²) in [6, 6.07) is 9.92. The average molecular weight is 307 g/mol. The molecule has 0 saturated carbocycles. The Bertz CT molecular complexity index is 693. The van der Waals surface area contributed by atoms with Gasteiger partial charge in [0.2, 0.25) is 10.0 Å². The Labute approximate surface area is 126 Å². The molecule has 0 amide bonds. The molecule has 0 fully saturated rings. The Morgan fingerprint density at radius 3 is 2.52 bits per heavy atom. The first-order chi connectivity index (χ1) is 9.88. The van der Waals surface area contributed by atoms with Gasteiger partial charge in [0.15, 0.2) is 0 Å². The molecule has 114 valence electrons. The molecular weight excluding hydrogens is 286 g/mol. The van der Waals surface area contributed by atoms with E-state index in [1.807, 2.05) is 37.3 Å². The van der Waals surface area contributed by atoms with Crippen molar-refractivity contribution in [2.45, 2.75) is 37.6 Å². The molecule has 0 saturated heterocycles. The van der Waals surface area contributed by atoms with Gasteiger partial charge in [-0.25, -0.2) is 13.1 Å². The minimum atomic E-state index is -3.51. The van der Waals surface area contributed by atoms with Crippen molar-refractivity contribution in [3.05, 3.63) is 47.8 Å². The topological polar surface area (TPSA) is 64.0 Å². The quantitative estimate of drug-likeness (QED) is 0.888. The third-order valence-corrected chi connectivity index (χ3v) is 5.02. The van der Waals surface area contributed by atoms with E-state index in [4.69, 9.17) is 0 Å². The van der Waals surface area contributed by atoms with Crippen molar-refractivity contribution >= 4 is 10.0 Å². The molecule has 1 N–H and O–H groups in total. The van der Waals surface area contributed by atoms with Gasteiger partial charge in [-0.3, -0.25) is 4.68 Å². The fourth-order valence-electron chi connectivity index (χ4n) is 2.26. The van der Waals surface area contributed by atoms with Crippen LogP contribution in [-0.4, -0.2) is 24.2 Å². The van der Waals surface area contributed by atoms with Gasteiger partial charge >= 0.3 is 0 Å². The van der Waals surface area contributed by atoms with Crippen LogP contribution in [0.4, 0.5) is 0 Å². The van der Waals surface area contributed by atoms with Gasteiger partial charge in [-0.2, -0.15) is 5.10 Å². The molecule has 0 unspecified atom stereocenters. The molecule has 2 rings (SSSR count). The maximum Gasteiger partial charge on any atom is 0.244 e. The SMILES string of the molecule is Cc1nn(C)cc1S(=O)(=O)N[C@@H](C)CCc1ccccc1. The van der Waals surface area contributed by atoms with Crippen LogP contribution >= 0.6 is 0 Å². The second kappa shape index (κ2) is 6.41. The smallest absolute Gasteiger partial charge is 0.244 e. The molecule has 0 aliphatic rings. The fourth-order valence-corrected chi connectivity index (χ4v) is 3.75. The summed E-state index contributed by atoms with van der Waals surface area (Å²) in [5, 5.41) is 4.08. The van der Waals surface area contributed by atoms with E-state index in [0.29, 0.717) is 5.69 Å². The zero-order chi connectivity index (χ0) is 15.5. The number of aryl methyl sites for hydroxylation is 3. The normalized spacial score (nSPS) is 13.3. The van der Waals surface area contributed by atoms with E-state index >= 15 is 0 Å². The van der Waals surface area contributed by atoms with Crippen LogP contribution in [0.15, 0.2) is 41.4 Å². The summed E-state index contributed by atoms with van der Waals surface area (Å²) in [5.41, 5.74) is 1.72. The Hall–Kier alpha value is -1.66. The van der Waals surface area contributed by atoms with Crippen LogP contribution in [-0.2, 0) is 23.5 Å². The molecular formula is C15H21N3O2S. The van der Waals surface area contributed by atoms with E-state index in [-0.39, 0.29) is 10.9 Å². The van der Waals surface area contributed by atoms with Gasteiger partial charge in [-0.05, 0) is 32.3 Å². The van der Waals surface area contributed by atoms with E-state index in [1.165, 1.54) is 16.4 Å². The van der Waals surface area contributed by atoms with Gasteiger partial charge in [0.1, 0.15) is 4.90 Å². The standard InChI is InChI=1S/C15H21N3O2S/c1-12(9-10-14-7-5-4-6-8-14)17-21(19,20)15-11-18(3)16-13(15)2/h4-8,11-12,17H,9-10H2,1-3H3/t12-/m0/s1. The van der Waals surface area contributed by atoms with Gasteiger partial charge in [0, 0.05) is 19.3 Å². The highest BCUT2D eigenvalue weighted by molar-refractivity contribution is 7.89. The second-order valence-corrected chi connectivity index (χ2v) is 6.98. The molecule has 21 heavy (non-hydrogen) atoms. The van der Waals surface area contributed by atoms with E-state index in [2.05, 4.69) is 9.82 Å². The summed E-state index contributed by atoms with van der Waals surface area (Å²) in [6.45, 7) is 3.58. The lowest BCUT2D eigenvalue weighted by atomic mass is 10.1. The number of hydrogen-bond donors (Lipinski definition) is 1. The van der Waals surface area contributed by atoms with Crippen molar-refractivity contribution in [1.82, 2.24) is 14.5 Å². The predicted octanol–water partition coefficient (Wildman–Crippen LogP) is 2.03. The van der Waals surface area contributed by atoms with E-state index in [1.54, 1.807) is 14.0 Å². The number of nitrogens with one attached hydrogen (secondary N) is 1. The first-order valence-electron chi connectivity index (χ1n) is 6.95. The third-order valence-electron chi connectivity index (χ3n) is 3.32. The molecule has 1 aromatic heterocycles. The number of rotatable bonds is 6. The van der Waals surface area contributed by atoms with Gasteiger partial charge in [0.25, 0.3) is 0 Å². The van der Waals surface area contributed by atoms with Gasteiger partial charge in [0.05, 0.1) is 5.69 Å². The minimum Gasteiger partial charge on any atom is -0.274 e. The zero-order valence-electron chi connectivity index (χ0n) is 12.6. The monoisotopic (exact) mass is 307 g/mol. The Morgan fingerprint density at radius 2 is 1.95 bits per heavy atom. The largest absolute Gasteiger partial charge is 0.274 e. The van der Waals surface area contributed by atoms with Crippen LogP contribution in [0.3, 0.4) is 0 Å². The lowest BCUT2D eigenvalue weighted by Crippen LogP contribution is -2.33. The highest BCUT2D eigenvalue weighted by Crippen LogP contribution is 2.14. The number of aromatic nitrogens is 2. The Morgan fingerprint density at radius 1 is 1.29 bits per heavy atom. The second-order valence-electron chi connectivity index (χ2n) is 5.30. The number of benzene rings is 1. The van der Waals surface area contributed by atoms with Crippen LogP contribution in [0.25, 0.3) is 0 Å². The first kappa shape index (κ1) is 15.7. The Kier molecular flexibility index (Phi) is 4.80. The highest BCUT2D eigenvalue weighted by Gasteiger charge is 2.21. The lowest BCUT2D eigenvalue weighted by molar-refractivity contribution is 0.546. The summed E-state index contributed by atoms with van der Waals surface area (Å²) < 4.78 is 28.9. The molecule has 1 atom stereocenters. The molecule has 2 aromatic rings. The fraction of sp³-hybridized carbons (Fsp3) is 0.400. The van der Waals surface area contributed by atoms with Crippen molar-refractivity contribution in [3.63, 3.8) is 0 Å². The molecule has 0 aliphatic heterocycles. The molecule has 0 spiro atoms.